The first kappa shape index (κ1) is 15.7. The molecule has 0 spiro atoms. The van der Waals surface area contributed by atoms with Crippen molar-refractivity contribution < 1.29 is 9.53 Å². The highest BCUT2D eigenvalue weighted by Gasteiger charge is 2.14. The minimum atomic E-state index is -0.567. The standard InChI is InChI=1S/C18H18N4O2/c1-14(24-16-5-3-2-4-6-16)18(23)21-12-15-7-8-20-17(11-15)22-10-9-19-13-22/h2-11,13-14H,12H2,1H3,(H,21,23). The van der Waals surface area contributed by atoms with Crippen LogP contribution in [0.15, 0.2) is 67.4 Å². The van der Waals surface area contributed by atoms with E-state index >= 15 is 0 Å². The predicted molar refractivity (Wildman–Crippen MR) is 89.7 cm³/mol. The monoisotopic (exact) mass is 322 g/mol. The van der Waals surface area contributed by atoms with Crippen LogP contribution < -0.4 is 10.1 Å². The number of imidazole rings is 1. The SMILES string of the molecule is CC(Oc1ccccc1)C(=O)NCc1ccnc(-n2ccnc2)c1. The first-order valence-electron chi connectivity index (χ1n) is 7.65. The molecule has 6 nitrogen and oxygen atoms in total. The molecule has 3 rings (SSSR count). The van der Waals surface area contributed by atoms with Crippen LogP contribution in [-0.2, 0) is 11.3 Å². The third-order valence-electron chi connectivity index (χ3n) is 3.47. The highest BCUT2D eigenvalue weighted by atomic mass is 16.5. The summed E-state index contributed by atoms with van der Waals surface area (Å²) in [5.74, 6) is 1.26. The fourth-order valence-electron chi connectivity index (χ4n) is 2.20. The van der Waals surface area contributed by atoms with Crippen molar-refractivity contribution in [1.29, 1.82) is 0 Å². The summed E-state index contributed by atoms with van der Waals surface area (Å²) in [5.41, 5.74) is 0.953. The summed E-state index contributed by atoms with van der Waals surface area (Å²) in [4.78, 5) is 20.5. The number of pyridine rings is 1. The lowest BCUT2D eigenvalue weighted by Crippen LogP contribution is -2.35. The normalized spacial score (nSPS) is 11.7. The number of rotatable bonds is 6. The van der Waals surface area contributed by atoms with Gasteiger partial charge in [0.25, 0.3) is 5.91 Å². The third kappa shape index (κ3) is 3.98. The van der Waals surface area contributed by atoms with Crippen molar-refractivity contribution in [2.45, 2.75) is 19.6 Å². The fraction of sp³-hybridized carbons (Fsp3) is 0.167. The summed E-state index contributed by atoms with van der Waals surface area (Å²) in [5, 5.41) is 2.87. The van der Waals surface area contributed by atoms with Crippen molar-refractivity contribution >= 4 is 5.91 Å². The van der Waals surface area contributed by atoms with Gasteiger partial charge in [-0.15, -0.1) is 0 Å². The zero-order valence-electron chi connectivity index (χ0n) is 13.3. The Morgan fingerprint density at radius 1 is 1.25 bits per heavy atom. The molecule has 2 heterocycles. The molecular weight excluding hydrogens is 304 g/mol. The predicted octanol–water partition coefficient (Wildman–Crippen LogP) is 2.35. The molecule has 0 aliphatic carbocycles. The molecule has 2 aromatic heterocycles. The number of benzene rings is 1. The van der Waals surface area contributed by atoms with Crippen LogP contribution in [0.2, 0.25) is 0 Å². The Labute approximate surface area is 140 Å². The van der Waals surface area contributed by atoms with E-state index in [2.05, 4.69) is 15.3 Å². The molecule has 1 unspecified atom stereocenters. The molecule has 3 aromatic rings. The summed E-state index contributed by atoms with van der Waals surface area (Å²) < 4.78 is 7.42. The van der Waals surface area contributed by atoms with Crippen LogP contribution in [0.1, 0.15) is 12.5 Å². The second kappa shape index (κ2) is 7.41. The van der Waals surface area contributed by atoms with Crippen molar-refractivity contribution in [2.75, 3.05) is 0 Å². The summed E-state index contributed by atoms with van der Waals surface area (Å²) in [7, 11) is 0. The lowest BCUT2D eigenvalue weighted by Gasteiger charge is -2.14. The molecule has 0 saturated carbocycles. The summed E-state index contributed by atoms with van der Waals surface area (Å²) in [6, 6.07) is 13.1. The van der Waals surface area contributed by atoms with Crippen LogP contribution in [0.25, 0.3) is 5.82 Å². The third-order valence-corrected chi connectivity index (χ3v) is 3.47. The number of carbonyl (C=O) groups is 1. The fourth-order valence-corrected chi connectivity index (χ4v) is 2.20. The molecule has 1 atom stereocenters. The van der Waals surface area contributed by atoms with E-state index < -0.39 is 6.10 Å². The van der Waals surface area contributed by atoms with E-state index in [0.29, 0.717) is 12.3 Å². The van der Waals surface area contributed by atoms with E-state index in [1.165, 1.54) is 0 Å². The van der Waals surface area contributed by atoms with Gasteiger partial charge in [-0.2, -0.15) is 0 Å². The van der Waals surface area contributed by atoms with E-state index in [9.17, 15) is 4.79 Å². The van der Waals surface area contributed by atoms with Gasteiger partial charge in [-0.1, -0.05) is 18.2 Å². The molecule has 122 valence electrons. The maximum atomic E-state index is 12.2. The van der Waals surface area contributed by atoms with Gasteiger partial charge in [-0.05, 0) is 36.8 Å². The van der Waals surface area contributed by atoms with Gasteiger partial charge in [0.15, 0.2) is 6.10 Å². The van der Waals surface area contributed by atoms with E-state index in [1.54, 1.807) is 25.6 Å². The Morgan fingerprint density at radius 2 is 2.08 bits per heavy atom. The Kier molecular flexibility index (Phi) is 4.86. The van der Waals surface area contributed by atoms with E-state index in [0.717, 1.165) is 11.4 Å². The van der Waals surface area contributed by atoms with Gasteiger partial charge in [-0.25, -0.2) is 9.97 Å². The first-order valence-corrected chi connectivity index (χ1v) is 7.65. The molecule has 1 aromatic carbocycles. The molecular formula is C18H18N4O2. The number of hydrogen-bond acceptors (Lipinski definition) is 4. The van der Waals surface area contributed by atoms with Crippen molar-refractivity contribution in [3.8, 4) is 11.6 Å². The lowest BCUT2D eigenvalue weighted by molar-refractivity contribution is -0.127. The van der Waals surface area contributed by atoms with E-state index in [4.69, 9.17) is 4.74 Å². The second-order valence-electron chi connectivity index (χ2n) is 5.28. The maximum absolute atomic E-state index is 12.2. The van der Waals surface area contributed by atoms with Gasteiger partial charge in [0.1, 0.15) is 17.9 Å². The van der Waals surface area contributed by atoms with Crippen LogP contribution >= 0.6 is 0 Å². The number of amides is 1. The minimum absolute atomic E-state index is 0.167. The van der Waals surface area contributed by atoms with Gasteiger partial charge >= 0.3 is 0 Å². The van der Waals surface area contributed by atoms with Crippen LogP contribution in [-0.4, -0.2) is 26.5 Å². The smallest absolute Gasteiger partial charge is 0.261 e. The Morgan fingerprint density at radius 3 is 2.83 bits per heavy atom. The number of aromatic nitrogens is 3. The Bertz CT molecular complexity index is 788. The molecule has 1 N–H and O–H groups in total. The summed E-state index contributed by atoms with van der Waals surface area (Å²) >= 11 is 0. The van der Waals surface area contributed by atoms with Crippen LogP contribution in [0, 0.1) is 0 Å². The van der Waals surface area contributed by atoms with Gasteiger partial charge in [0.05, 0.1) is 0 Å². The average molecular weight is 322 g/mol. The summed E-state index contributed by atoms with van der Waals surface area (Å²) in [6.45, 7) is 2.14. The molecule has 0 aliphatic heterocycles. The number of carbonyl (C=O) groups excluding carboxylic acids is 1. The first-order chi connectivity index (χ1) is 11.7. The zero-order chi connectivity index (χ0) is 16.8. The molecule has 0 saturated heterocycles. The Balaban J connectivity index is 1.57. The number of ether oxygens (including phenoxy) is 1. The molecule has 1 amide bonds. The maximum Gasteiger partial charge on any atom is 0.261 e. The number of hydrogen-bond donors (Lipinski definition) is 1. The van der Waals surface area contributed by atoms with Crippen molar-refractivity contribution in [1.82, 2.24) is 19.9 Å². The summed E-state index contributed by atoms with van der Waals surface area (Å²) in [6.07, 6.45) is 6.34. The van der Waals surface area contributed by atoms with Gasteiger partial charge in [0.2, 0.25) is 0 Å². The highest BCUT2D eigenvalue weighted by molar-refractivity contribution is 5.80. The number of nitrogens with one attached hydrogen (secondary N) is 1. The second-order valence-corrected chi connectivity index (χ2v) is 5.28. The van der Waals surface area contributed by atoms with E-state index in [1.807, 2.05) is 53.2 Å². The van der Waals surface area contributed by atoms with Crippen LogP contribution in [0.4, 0.5) is 0 Å². The molecule has 6 heteroatoms. The molecule has 0 radical (unpaired) electrons. The van der Waals surface area contributed by atoms with E-state index in [-0.39, 0.29) is 5.91 Å². The van der Waals surface area contributed by atoms with Gasteiger partial charge < -0.3 is 10.1 Å². The number of nitrogens with zero attached hydrogens (tertiary/aromatic N) is 3. The van der Waals surface area contributed by atoms with Crippen molar-refractivity contribution in [3.05, 3.63) is 72.9 Å². The van der Waals surface area contributed by atoms with Crippen LogP contribution in [0.3, 0.4) is 0 Å². The molecule has 24 heavy (non-hydrogen) atoms. The molecule has 0 fully saturated rings. The highest BCUT2D eigenvalue weighted by Crippen LogP contribution is 2.11. The zero-order valence-corrected chi connectivity index (χ0v) is 13.3. The Hall–Kier alpha value is -3.15. The molecule has 0 aliphatic rings. The quantitative estimate of drug-likeness (QED) is 0.756. The van der Waals surface area contributed by atoms with Crippen molar-refractivity contribution in [3.63, 3.8) is 0 Å². The largest absolute Gasteiger partial charge is 0.481 e. The molecule has 0 bridgehead atoms. The topological polar surface area (TPSA) is 69.0 Å². The number of para-hydroxylation sites is 1. The minimum Gasteiger partial charge on any atom is -0.481 e. The van der Waals surface area contributed by atoms with Gasteiger partial charge in [-0.3, -0.25) is 9.36 Å². The van der Waals surface area contributed by atoms with Crippen molar-refractivity contribution in [2.24, 2.45) is 0 Å². The van der Waals surface area contributed by atoms with Gasteiger partial charge in [0, 0.05) is 25.1 Å². The van der Waals surface area contributed by atoms with Crippen LogP contribution in [0.5, 0.6) is 5.75 Å². The average Bonchev–Trinajstić information content (AvgIpc) is 3.15. The lowest BCUT2D eigenvalue weighted by atomic mass is 10.2.